The summed E-state index contributed by atoms with van der Waals surface area (Å²) in [6.07, 6.45) is 2.41. The molecule has 1 aliphatic heterocycles. The third kappa shape index (κ3) is 1.97. The summed E-state index contributed by atoms with van der Waals surface area (Å²) in [6.45, 7) is 5.53. The summed E-state index contributed by atoms with van der Waals surface area (Å²) in [6, 6.07) is 2.02. The van der Waals surface area contributed by atoms with Crippen LogP contribution in [0.3, 0.4) is 0 Å². The average Bonchev–Trinajstić information content (AvgIpc) is 2.76. The van der Waals surface area contributed by atoms with Gasteiger partial charge in [0.15, 0.2) is 0 Å². The smallest absolute Gasteiger partial charge is 0.308 e. The predicted octanol–water partition coefficient (Wildman–Crippen LogP) is 1.88. The molecular weight excluding hydrogens is 206 g/mol. The first-order valence-corrected chi connectivity index (χ1v) is 5.59. The van der Waals surface area contributed by atoms with Gasteiger partial charge in [-0.25, -0.2) is 0 Å². The second-order valence-corrected chi connectivity index (χ2v) is 4.47. The van der Waals surface area contributed by atoms with Crippen molar-refractivity contribution < 1.29 is 14.3 Å². The lowest BCUT2D eigenvalue weighted by atomic mass is 10.0. The van der Waals surface area contributed by atoms with Crippen molar-refractivity contribution in [1.82, 2.24) is 4.90 Å². The molecule has 4 heteroatoms. The summed E-state index contributed by atoms with van der Waals surface area (Å²) in [7, 11) is 0. The van der Waals surface area contributed by atoms with Crippen LogP contribution in [-0.2, 0) is 11.3 Å². The van der Waals surface area contributed by atoms with Crippen LogP contribution in [0.25, 0.3) is 0 Å². The maximum atomic E-state index is 11.0. The number of rotatable bonds is 3. The summed E-state index contributed by atoms with van der Waals surface area (Å²) < 4.78 is 5.38. The van der Waals surface area contributed by atoms with Crippen molar-refractivity contribution in [3.8, 4) is 0 Å². The Bertz CT molecular complexity index is 385. The maximum absolute atomic E-state index is 11.0. The molecule has 1 fully saturated rings. The number of aryl methyl sites for hydroxylation is 1. The Kier molecular flexibility index (Phi) is 3.01. The van der Waals surface area contributed by atoms with Crippen LogP contribution in [0.4, 0.5) is 0 Å². The molecule has 1 aromatic heterocycles. The van der Waals surface area contributed by atoms with Gasteiger partial charge in [0.25, 0.3) is 0 Å². The summed E-state index contributed by atoms with van der Waals surface area (Å²) in [5, 5.41) is 9.03. The van der Waals surface area contributed by atoms with Crippen molar-refractivity contribution in [3.63, 3.8) is 0 Å². The Balaban J connectivity index is 2.03. The molecule has 0 bridgehead atoms. The van der Waals surface area contributed by atoms with E-state index in [0.717, 1.165) is 24.3 Å². The van der Waals surface area contributed by atoms with Gasteiger partial charge in [-0.3, -0.25) is 9.69 Å². The minimum absolute atomic E-state index is 0.0852. The molecule has 0 saturated carbocycles. The molecule has 4 nitrogen and oxygen atoms in total. The standard InChI is InChI=1S/C12H17NO3/c1-8-4-6-16-11(8)7-13-5-3-10(9(13)2)12(14)15/h4,6,9-10H,3,5,7H2,1-2H3,(H,14,15). The van der Waals surface area contributed by atoms with Crippen molar-refractivity contribution in [1.29, 1.82) is 0 Å². The van der Waals surface area contributed by atoms with E-state index in [9.17, 15) is 4.79 Å². The van der Waals surface area contributed by atoms with Gasteiger partial charge >= 0.3 is 5.97 Å². The fourth-order valence-corrected chi connectivity index (χ4v) is 2.31. The highest BCUT2D eigenvalue weighted by molar-refractivity contribution is 5.71. The Morgan fingerprint density at radius 3 is 2.94 bits per heavy atom. The number of carboxylic acids is 1. The number of hydrogen-bond donors (Lipinski definition) is 1. The van der Waals surface area contributed by atoms with Crippen LogP contribution < -0.4 is 0 Å². The van der Waals surface area contributed by atoms with E-state index in [1.54, 1.807) is 6.26 Å². The molecule has 0 amide bonds. The Labute approximate surface area is 94.9 Å². The molecule has 2 unspecified atom stereocenters. The van der Waals surface area contributed by atoms with Crippen LogP contribution in [0, 0.1) is 12.8 Å². The quantitative estimate of drug-likeness (QED) is 0.850. The van der Waals surface area contributed by atoms with E-state index in [1.165, 1.54) is 0 Å². The van der Waals surface area contributed by atoms with Crippen LogP contribution in [0.15, 0.2) is 16.7 Å². The zero-order valence-corrected chi connectivity index (χ0v) is 9.64. The van der Waals surface area contributed by atoms with Gasteiger partial charge in [-0.15, -0.1) is 0 Å². The number of hydrogen-bond acceptors (Lipinski definition) is 3. The molecule has 0 spiro atoms. The molecule has 16 heavy (non-hydrogen) atoms. The molecule has 1 aliphatic rings. The van der Waals surface area contributed by atoms with Crippen molar-refractivity contribution in [2.45, 2.75) is 32.9 Å². The first-order valence-electron chi connectivity index (χ1n) is 5.59. The van der Waals surface area contributed by atoms with Crippen molar-refractivity contribution >= 4 is 5.97 Å². The largest absolute Gasteiger partial charge is 0.481 e. The summed E-state index contributed by atoms with van der Waals surface area (Å²) in [4.78, 5) is 13.1. The molecular formula is C12H17NO3. The number of furan rings is 1. The Hall–Kier alpha value is -1.29. The highest BCUT2D eigenvalue weighted by atomic mass is 16.4. The Morgan fingerprint density at radius 1 is 1.69 bits per heavy atom. The molecule has 0 aliphatic carbocycles. The monoisotopic (exact) mass is 223 g/mol. The molecule has 0 aromatic carbocycles. The van der Waals surface area contributed by atoms with E-state index in [1.807, 2.05) is 19.9 Å². The van der Waals surface area contributed by atoms with E-state index < -0.39 is 5.97 Å². The van der Waals surface area contributed by atoms with Crippen molar-refractivity contribution in [2.24, 2.45) is 5.92 Å². The topological polar surface area (TPSA) is 53.7 Å². The number of likely N-dealkylation sites (tertiary alicyclic amines) is 1. The minimum Gasteiger partial charge on any atom is -0.481 e. The van der Waals surface area contributed by atoms with Gasteiger partial charge in [-0.05, 0) is 38.4 Å². The lowest BCUT2D eigenvalue weighted by Crippen LogP contribution is -2.32. The van der Waals surface area contributed by atoms with E-state index in [2.05, 4.69) is 4.90 Å². The van der Waals surface area contributed by atoms with Crippen molar-refractivity contribution in [2.75, 3.05) is 6.54 Å². The normalized spacial score (nSPS) is 26.1. The number of aliphatic carboxylic acids is 1. The molecule has 2 heterocycles. The maximum Gasteiger partial charge on any atom is 0.308 e. The van der Waals surface area contributed by atoms with E-state index in [4.69, 9.17) is 9.52 Å². The zero-order chi connectivity index (χ0) is 11.7. The summed E-state index contributed by atoms with van der Waals surface area (Å²) in [5.41, 5.74) is 1.13. The first-order chi connectivity index (χ1) is 7.59. The van der Waals surface area contributed by atoms with Crippen LogP contribution in [0.2, 0.25) is 0 Å². The highest BCUT2D eigenvalue weighted by Crippen LogP contribution is 2.26. The third-order valence-corrected chi connectivity index (χ3v) is 3.52. The lowest BCUT2D eigenvalue weighted by Gasteiger charge is -2.22. The highest BCUT2D eigenvalue weighted by Gasteiger charge is 2.35. The molecule has 1 N–H and O–H groups in total. The van der Waals surface area contributed by atoms with Gasteiger partial charge in [0, 0.05) is 6.04 Å². The van der Waals surface area contributed by atoms with Crippen LogP contribution >= 0.6 is 0 Å². The number of carbonyl (C=O) groups is 1. The second-order valence-electron chi connectivity index (χ2n) is 4.47. The molecule has 1 aromatic rings. The van der Waals surface area contributed by atoms with Crippen LogP contribution in [0.1, 0.15) is 24.7 Å². The summed E-state index contributed by atoms with van der Waals surface area (Å²) in [5.74, 6) is 0.0133. The van der Waals surface area contributed by atoms with Gasteiger partial charge in [-0.2, -0.15) is 0 Å². The first kappa shape index (κ1) is 11.2. The Morgan fingerprint density at radius 2 is 2.44 bits per heavy atom. The number of nitrogens with zero attached hydrogens (tertiary/aromatic N) is 1. The third-order valence-electron chi connectivity index (χ3n) is 3.52. The summed E-state index contributed by atoms with van der Waals surface area (Å²) >= 11 is 0. The van der Waals surface area contributed by atoms with Gasteiger partial charge in [0.1, 0.15) is 5.76 Å². The van der Waals surface area contributed by atoms with E-state index in [0.29, 0.717) is 6.54 Å². The predicted molar refractivity (Wildman–Crippen MR) is 59.1 cm³/mol. The zero-order valence-electron chi connectivity index (χ0n) is 9.64. The van der Waals surface area contributed by atoms with Crippen molar-refractivity contribution in [3.05, 3.63) is 23.7 Å². The average molecular weight is 223 g/mol. The molecule has 2 atom stereocenters. The molecule has 88 valence electrons. The van der Waals surface area contributed by atoms with Gasteiger partial charge in [-0.1, -0.05) is 0 Å². The molecule has 1 saturated heterocycles. The second kappa shape index (κ2) is 4.29. The van der Waals surface area contributed by atoms with Gasteiger partial charge in [0.05, 0.1) is 18.7 Å². The van der Waals surface area contributed by atoms with E-state index in [-0.39, 0.29) is 12.0 Å². The number of carboxylic acid groups (broad SMARTS) is 1. The van der Waals surface area contributed by atoms with Crippen LogP contribution in [0.5, 0.6) is 0 Å². The van der Waals surface area contributed by atoms with Crippen LogP contribution in [-0.4, -0.2) is 28.6 Å². The lowest BCUT2D eigenvalue weighted by molar-refractivity contribution is -0.142. The molecule has 2 rings (SSSR count). The fourth-order valence-electron chi connectivity index (χ4n) is 2.31. The minimum atomic E-state index is -0.689. The molecule has 0 radical (unpaired) electrons. The van der Waals surface area contributed by atoms with Gasteiger partial charge in [0.2, 0.25) is 0 Å². The fraction of sp³-hybridized carbons (Fsp3) is 0.583. The SMILES string of the molecule is Cc1ccoc1CN1CCC(C(=O)O)C1C. The van der Waals surface area contributed by atoms with Gasteiger partial charge < -0.3 is 9.52 Å². The van der Waals surface area contributed by atoms with E-state index >= 15 is 0 Å².